The molecule has 5 heteroatoms. The molecular formula is C26H45NO4. The number of unbranched alkanes of at least 4 members (excludes halogenated alkanes) is 2. The lowest BCUT2D eigenvalue weighted by molar-refractivity contribution is -0.121. The molecule has 6 atom stereocenters. The van der Waals surface area contributed by atoms with E-state index in [2.05, 4.69) is 31.3 Å². The predicted molar refractivity (Wildman–Crippen MR) is 125 cm³/mol. The van der Waals surface area contributed by atoms with Crippen molar-refractivity contribution < 1.29 is 20.1 Å². The average molecular weight is 436 g/mol. The molecule has 178 valence electrons. The Morgan fingerprint density at radius 2 is 2.10 bits per heavy atom. The normalized spacial score (nSPS) is 27.3. The Morgan fingerprint density at radius 3 is 2.84 bits per heavy atom. The maximum absolute atomic E-state index is 11.7. The summed E-state index contributed by atoms with van der Waals surface area (Å²) in [6.07, 6.45) is 15.9. The maximum atomic E-state index is 11.7. The number of nitrogens with one attached hydrogen (secondary N) is 1. The molecule has 5 nitrogen and oxygen atoms in total. The van der Waals surface area contributed by atoms with Crippen molar-refractivity contribution in [3.8, 4) is 0 Å². The van der Waals surface area contributed by atoms with Crippen LogP contribution in [0.5, 0.6) is 0 Å². The van der Waals surface area contributed by atoms with Crippen LogP contribution >= 0.6 is 0 Å². The van der Waals surface area contributed by atoms with E-state index in [1.807, 2.05) is 6.08 Å². The first-order chi connectivity index (χ1) is 14.9. The summed E-state index contributed by atoms with van der Waals surface area (Å²) in [4.78, 5) is 11.7. The van der Waals surface area contributed by atoms with Crippen LogP contribution in [-0.2, 0) is 4.79 Å². The first-order valence-electron chi connectivity index (χ1n) is 12.6. The molecule has 4 N–H and O–H groups in total. The highest BCUT2D eigenvalue weighted by molar-refractivity contribution is 5.75. The number of amides is 1. The lowest BCUT2D eigenvalue weighted by Crippen LogP contribution is -2.24. The summed E-state index contributed by atoms with van der Waals surface area (Å²) in [5.41, 5.74) is 1.47. The van der Waals surface area contributed by atoms with Crippen LogP contribution in [0.25, 0.3) is 0 Å². The van der Waals surface area contributed by atoms with Gasteiger partial charge in [0, 0.05) is 25.5 Å². The van der Waals surface area contributed by atoms with Crippen molar-refractivity contribution in [3.05, 3.63) is 23.8 Å². The average Bonchev–Trinajstić information content (AvgIpc) is 3.24. The summed E-state index contributed by atoms with van der Waals surface area (Å²) in [5, 5.41) is 32.5. The van der Waals surface area contributed by atoms with Crippen LogP contribution in [0.1, 0.15) is 84.5 Å². The third-order valence-corrected chi connectivity index (χ3v) is 7.01. The first kappa shape index (κ1) is 26.1. The molecule has 0 radical (unpaired) electrons. The van der Waals surface area contributed by atoms with Crippen LogP contribution in [-0.4, -0.2) is 46.6 Å². The molecule has 0 aromatic carbocycles. The number of allylic oxidation sites excluding steroid dienone is 2. The monoisotopic (exact) mass is 435 g/mol. The number of aliphatic hydroxyl groups is 3. The molecule has 0 unspecified atom stereocenters. The second kappa shape index (κ2) is 14.1. The Hall–Kier alpha value is -1.17. The minimum Gasteiger partial charge on any atom is -0.396 e. The third kappa shape index (κ3) is 9.07. The molecule has 0 saturated heterocycles. The summed E-state index contributed by atoms with van der Waals surface area (Å²) in [6.45, 7) is 5.06. The highest BCUT2D eigenvalue weighted by atomic mass is 16.3. The van der Waals surface area contributed by atoms with Crippen molar-refractivity contribution in [1.82, 2.24) is 5.32 Å². The fourth-order valence-corrected chi connectivity index (χ4v) is 5.24. The molecule has 1 saturated carbocycles. The molecule has 0 spiro atoms. The lowest BCUT2D eigenvalue weighted by atomic mass is 9.88. The van der Waals surface area contributed by atoms with E-state index in [9.17, 15) is 15.0 Å². The van der Waals surface area contributed by atoms with Gasteiger partial charge in [-0.1, -0.05) is 56.9 Å². The van der Waals surface area contributed by atoms with Crippen molar-refractivity contribution in [2.24, 2.45) is 23.7 Å². The number of hydrogen-bond donors (Lipinski definition) is 4. The number of carbonyl (C=O) groups excluding carboxylic acids is 1. The van der Waals surface area contributed by atoms with Gasteiger partial charge in [0.25, 0.3) is 0 Å². The fraction of sp³-hybridized carbons (Fsp3) is 0.808. The zero-order chi connectivity index (χ0) is 22.6. The van der Waals surface area contributed by atoms with Crippen LogP contribution in [0, 0.1) is 23.7 Å². The van der Waals surface area contributed by atoms with Gasteiger partial charge in [0.2, 0.25) is 5.91 Å². The van der Waals surface area contributed by atoms with Gasteiger partial charge in [-0.05, 0) is 62.7 Å². The predicted octanol–water partition coefficient (Wildman–Crippen LogP) is 4.12. The van der Waals surface area contributed by atoms with Crippen molar-refractivity contribution in [1.29, 1.82) is 0 Å². The van der Waals surface area contributed by atoms with Crippen LogP contribution in [0.15, 0.2) is 23.8 Å². The number of hydrogen-bond acceptors (Lipinski definition) is 4. The molecular weight excluding hydrogens is 390 g/mol. The first-order valence-corrected chi connectivity index (χ1v) is 12.6. The van der Waals surface area contributed by atoms with Gasteiger partial charge in [-0.2, -0.15) is 0 Å². The Morgan fingerprint density at radius 1 is 1.29 bits per heavy atom. The number of carbonyl (C=O) groups is 1. The quantitative estimate of drug-likeness (QED) is 0.230. The summed E-state index contributed by atoms with van der Waals surface area (Å²) in [5.74, 6) is 1.63. The third-order valence-electron chi connectivity index (χ3n) is 7.01. The Bertz CT molecular complexity index is 588. The molecule has 1 fully saturated rings. The molecule has 2 rings (SSSR count). The molecule has 0 heterocycles. The number of aliphatic hydroxyl groups excluding tert-OH is 3. The SMILES string of the molecule is CCCC[C@H](C)C[C@H](O)C=C[C@@H]1[C@H]2CC(CCCCC(=O)NCCCO)=C[C@H]2C[C@H]1O. The van der Waals surface area contributed by atoms with Gasteiger partial charge in [0.15, 0.2) is 0 Å². The summed E-state index contributed by atoms with van der Waals surface area (Å²) in [6, 6.07) is 0. The molecule has 0 aromatic heterocycles. The van der Waals surface area contributed by atoms with Gasteiger partial charge < -0.3 is 20.6 Å². The molecule has 0 aliphatic heterocycles. The van der Waals surface area contributed by atoms with Crippen molar-refractivity contribution in [3.63, 3.8) is 0 Å². The van der Waals surface area contributed by atoms with E-state index in [-0.39, 0.29) is 24.5 Å². The van der Waals surface area contributed by atoms with Crippen LogP contribution < -0.4 is 5.32 Å². The largest absolute Gasteiger partial charge is 0.396 e. The topological polar surface area (TPSA) is 89.8 Å². The van der Waals surface area contributed by atoms with Gasteiger partial charge in [-0.15, -0.1) is 0 Å². The second-order valence-electron chi connectivity index (χ2n) is 9.81. The van der Waals surface area contributed by atoms with E-state index in [4.69, 9.17) is 5.11 Å². The maximum Gasteiger partial charge on any atom is 0.219 e. The number of fused-ring (bicyclic) bond motifs is 1. The molecule has 0 aromatic rings. The van der Waals surface area contributed by atoms with Crippen molar-refractivity contribution >= 4 is 5.91 Å². The Labute approximate surface area is 189 Å². The highest BCUT2D eigenvalue weighted by Gasteiger charge is 2.43. The van der Waals surface area contributed by atoms with Crippen LogP contribution in [0.2, 0.25) is 0 Å². The van der Waals surface area contributed by atoms with E-state index in [0.29, 0.717) is 37.1 Å². The zero-order valence-electron chi connectivity index (χ0n) is 19.6. The second-order valence-corrected chi connectivity index (χ2v) is 9.81. The Balaban J connectivity index is 1.71. The van der Waals surface area contributed by atoms with E-state index in [1.54, 1.807) is 0 Å². The fourth-order valence-electron chi connectivity index (χ4n) is 5.24. The zero-order valence-corrected chi connectivity index (χ0v) is 19.6. The lowest BCUT2D eigenvalue weighted by Gasteiger charge is -2.19. The van der Waals surface area contributed by atoms with E-state index < -0.39 is 6.10 Å². The number of rotatable bonds is 15. The molecule has 2 aliphatic carbocycles. The van der Waals surface area contributed by atoms with E-state index in [1.165, 1.54) is 18.4 Å². The standard InChI is InChI=1S/C26H45NO4/c1-3-4-8-19(2)15-22(29)11-12-23-24-17-20(16-21(24)18-25(23)30)9-5-6-10-26(31)27-13-7-14-28/h11-12,16,19,21-25,28-30H,3-10,13-15,17-18H2,1-2H3,(H,27,31)/t19-,21-,22+,23+,24-,25+/m0/s1. The minimum absolute atomic E-state index is 0.0709. The molecule has 2 aliphatic rings. The van der Waals surface area contributed by atoms with Crippen LogP contribution in [0.4, 0.5) is 0 Å². The van der Waals surface area contributed by atoms with Crippen molar-refractivity contribution in [2.45, 2.75) is 96.7 Å². The van der Waals surface area contributed by atoms with E-state index >= 15 is 0 Å². The summed E-state index contributed by atoms with van der Waals surface area (Å²) in [7, 11) is 0. The highest BCUT2D eigenvalue weighted by Crippen LogP contribution is 2.48. The molecule has 0 bridgehead atoms. The summed E-state index contributed by atoms with van der Waals surface area (Å²) < 4.78 is 0. The van der Waals surface area contributed by atoms with Gasteiger partial charge in [0.1, 0.15) is 0 Å². The van der Waals surface area contributed by atoms with Gasteiger partial charge in [-0.3, -0.25) is 4.79 Å². The smallest absolute Gasteiger partial charge is 0.219 e. The molecule has 1 amide bonds. The minimum atomic E-state index is -0.421. The van der Waals surface area contributed by atoms with Gasteiger partial charge >= 0.3 is 0 Å². The van der Waals surface area contributed by atoms with Crippen LogP contribution in [0.3, 0.4) is 0 Å². The Kier molecular flexibility index (Phi) is 11.8. The van der Waals surface area contributed by atoms with Gasteiger partial charge in [-0.25, -0.2) is 0 Å². The van der Waals surface area contributed by atoms with Crippen molar-refractivity contribution in [2.75, 3.05) is 13.2 Å². The van der Waals surface area contributed by atoms with Gasteiger partial charge in [0.05, 0.1) is 12.2 Å². The summed E-state index contributed by atoms with van der Waals surface area (Å²) >= 11 is 0. The molecule has 31 heavy (non-hydrogen) atoms. The van der Waals surface area contributed by atoms with E-state index in [0.717, 1.165) is 44.9 Å².